The van der Waals surface area contributed by atoms with E-state index in [1.807, 2.05) is 5.38 Å². The second-order valence-electron chi connectivity index (χ2n) is 3.76. The molecule has 0 spiro atoms. The smallest absolute Gasteiger partial charge is 0.155 e. The summed E-state index contributed by atoms with van der Waals surface area (Å²) >= 11 is 6.73. The monoisotopic (exact) mass is 313 g/mol. The van der Waals surface area contributed by atoms with Crippen LogP contribution >= 0.6 is 39.0 Å². The van der Waals surface area contributed by atoms with Crippen LogP contribution in [-0.2, 0) is 0 Å². The van der Waals surface area contributed by atoms with Crippen molar-refractivity contribution in [3.8, 4) is 0 Å². The molecule has 0 amide bonds. The molecule has 0 N–H and O–H groups in total. The van der Waals surface area contributed by atoms with Gasteiger partial charge in [-0.15, -0.1) is 11.3 Å². The Hall–Kier alpha value is -0.320. The summed E-state index contributed by atoms with van der Waals surface area (Å²) in [6.07, 6.45) is 0. The lowest BCUT2D eigenvalue weighted by Gasteiger charge is -2.05. The molecule has 1 heterocycles. The van der Waals surface area contributed by atoms with Crippen LogP contribution in [0.5, 0.6) is 0 Å². The van der Waals surface area contributed by atoms with Crippen molar-refractivity contribution < 1.29 is 0 Å². The Morgan fingerprint density at radius 2 is 1.94 bits per heavy atom. The molecule has 4 heteroatoms. The second kappa shape index (κ2) is 5.34. The van der Waals surface area contributed by atoms with Gasteiger partial charge in [-0.25, -0.2) is 4.98 Å². The van der Waals surface area contributed by atoms with Crippen molar-refractivity contribution in [3.63, 3.8) is 0 Å². The molecule has 0 unspecified atom stereocenters. The van der Waals surface area contributed by atoms with Crippen LogP contribution in [0.1, 0.15) is 25.3 Å². The summed E-state index contributed by atoms with van der Waals surface area (Å²) in [6, 6.07) is 8.70. The molecular formula is C12H12BrNS2. The van der Waals surface area contributed by atoms with E-state index in [0.717, 1.165) is 8.94 Å². The minimum Gasteiger partial charge on any atom is -0.222 e. The third-order valence-corrected chi connectivity index (χ3v) is 4.86. The van der Waals surface area contributed by atoms with E-state index >= 15 is 0 Å². The van der Waals surface area contributed by atoms with Crippen LogP contribution in [0, 0.1) is 0 Å². The fourth-order valence-electron chi connectivity index (χ4n) is 1.31. The van der Waals surface area contributed by atoms with E-state index in [0.29, 0.717) is 5.92 Å². The molecule has 1 aromatic carbocycles. The summed E-state index contributed by atoms with van der Waals surface area (Å²) in [5, 5.41) is 2.00. The fourth-order valence-corrected chi connectivity index (χ4v) is 3.64. The first-order chi connectivity index (χ1) is 7.65. The van der Waals surface area contributed by atoms with E-state index in [9.17, 15) is 0 Å². The van der Waals surface area contributed by atoms with Gasteiger partial charge in [0.25, 0.3) is 0 Å². The van der Waals surface area contributed by atoms with E-state index in [4.69, 9.17) is 0 Å². The fraction of sp³-hybridized carbons (Fsp3) is 0.250. The van der Waals surface area contributed by atoms with Gasteiger partial charge >= 0.3 is 0 Å². The van der Waals surface area contributed by atoms with Crippen LogP contribution in [0.4, 0.5) is 0 Å². The number of benzene rings is 1. The quantitative estimate of drug-likeness (QED) is 0.774. The highest BCUT2D eigenvalue weighted by Crippen LogP contribution is 2.32. The number of aromatic nitrogens is 1. The topological polar surface area (TPSA) is 12.9 Å². The zero-order valence-corrected chi connectivity index (χ0v) is 12.3. The number of hydrogen-bond acceptors (Lipinski definition) is 3. The Kier molecular flexibility index (Phi) is 4.05. The Balaban J connectivity index is 2.11. The lowest BCUT2D eigenvalue weighted by atomic mass is 10.0. The number of hydrogen-bond donors (Lipinski definition) is 0. The number of nitrogens with zero attached hydrogens (tertiary/aromatic N) is 1. The van der Waals surface area contributed by atoms with Gasteiger partial charge < -0.3 is 0 Å². The minimum absolute atomic E-state index is 0.591. The third-order valence-electron chi connectivity index (χ3n) is 2.21. The number of rotatable bonds is 3. The van der Waals surface area contributed by atoms with Crippen LogP contribution in [0.15, 0.2) is 43.5 Å². The van der Waals surface area contributed by atoms with Crippen LogP contribution in [0.2, 0.25) is 0 Å². The number of thiazole rings is 1. The summed E-state index contributed by atoms with van der Waals surface area (Å²) < 4.78 is 1.99. The lowest BCUT2D eigenvalue weighted by Crippen LogP contribution is -1.85. The molecule has 1 aromatic heterocycles. The molecule has 0 bridgehead atoms. The first-order valence-corrected chi connectivity index (χ1v) is 7.53. The molecule has 2 rings (SSSR count). The van der Waals surface area contributed by atoms with Crippen LogP contribution < -0.4 is 0 Å². The van der Waals surface area contributed by atoms with Gasteiger partial charge in [-0.2, -0.15) is 0 Å². The molecule has 0 aliphatic carbocycles. The molecule has 0 saturated heterocycles. The lowest BCUT2D eigenvalue weighted by molar-refractivity contribution is 0.865. The summed E-state index contributed by atoms with van der Waals surface area (Å²) in [5.41, 5.74) is 1.38. The summed E-state index contributed by atoms with van der Waals surface area (Å²) in [5.74, 6) is 0.591. The van der Waals surface area contributed by atoms with E-state index in [2.05, 4.69) is 59.0 Å². The van der Waals surface area contributed by atoms with Crippen molar-refractivity contribution in [2.45, 2.75) is 29.0 Å². The van der Waals surface area contributed by atoms with Gasteiger partial charge in [-0.3, -0.25) is 0 Å². The van der Waals surface area contributed by atoms with Crippen molar-refractivity contribution >= 4 is 39.0 Å². The standard InChI is InChI=1S/C12H12BrNS2/c1-8(2)9-3-5-10(6-4-9)16-12-14-11(13)7-15-12/h3-8H,1-2H3. The molecule has 16 heavy (non-hydrogen) atoms. The molecule has 0 aliphatic rings. The van der Waals surface area contributed by atoms with Gasteiger partial charge in [0.05, 0.1) is 0 Å². The normalized spacial score (nSPS) is 11.0. The molecule has 0 radical (unpaired) electrons. The molecule has 0 saturated carbocycles. The Labute approximate surface area is 112 Å². The van der Waals surface area contributed by atoms with E-state index < -0.39 is 0 Å². The zero-order chi connectivity index (χ0) is 11.5. The Morgan fingerprint density at radius 3 is 2.44 bits per heavy atom. The van der Waals surface area contributed by atoms with Crippen molar-refractivity contribution in [1.82, 2.24) is 4.98 Å². The van der Waals surface area contributed by atoms with E-state index in [1.165, 1.54) is 10.5 Å². The highest BCUT2D eigenvalue weighted by atomic mass is 79.9. The third kappa shape index (κ3) is 3.09. The van der Waals surface area contributed by atoms with Crippen molar-refractivity contribution in [2.75, 3.05) is 0 Å². The minimum atomic E-state index is 0.591. The largest absolute Gasteiger partial charge is 0.222 e. The summed E-state index contributed by atoms with van der Waals surface area (Å²) in [7, 11) is 0. The van der Waals surface area contributed by atoms with Gasteiger partial charge in [0.1, 0.15) is 4.60 Å². The highest BCUT2D eigenvalue weighted by molar-refractivity contribution is 9.10. The zero-order valence-electron chi connectivity index (χ0n) is 9.11. The molecule has 0 atom stereocenters. The van der Waals surface area contributed by atoms with Crippen LogP contribution in [0.25, 0.3) is 0 Å². The molecule has 84 valence electrons. The van der Waals surface area contributed by atoms with Gasteiger partial charge in [0.15, 0.2) is 4.34 Å². The van der Waals surface area contributed by atoms with Crippen LogP contribution in [-0.4, -0.2) is 4.98 Å². The Morgan fingerprint density at radius 1 is 1.25 bits per heavy atom. The molecule has 0 fully saturated rings. The van der Waals surface area contributed by atoms with Gasteiger partial charge in [-0.05, 0) is 39.5 Å². The van der Waals surface area contributed by atoms with Crippen molar-refractivity contribution in [1.29, 1.82) is 0 Å². The number of halogens is 1. The van der Waals surface area contributed by atoms with E-state index in [-0.39, 0.29) is 0 Å². The first-order valence-electron chi connectivity index (χ1n) is 5.04. The summed E-state index contributed by atoms with van der Waals surface area (Å²) in [4.78, 5) is 5.60. The predicted molar refractivity (Wildman–Crippen MR) is 74.5 cm³/mol. The van der Waals surface area contributed by atoms with Crippen molar-refractivity contribution in [3.05, 3.63) is 39.8 Å². The maximum absolute atomic E-state index is 4.36. The van der Waals surface area contributed by atoms with Gasteiger partial charge in [0, 0.05) is 10.3 Å². The van der Waals surface area contributed by atoms with E-state index in [1.54, 1.807) is 23.1 Å². The van der Waals surface area contributed by atoms with Gasteiger partial charge in [-0.1, -0.05) is 37.7 Å². The highest BCUT2D eigenvalue weighted by Gasteiger charge is 2.03. The predicted octanol–water partition coefficient (Wildman–Crippen LogP) is 5.18. The first kappa shape index (κ1) is 12.1. The Bertz CT molecular complexity index is 462. The average Bonchev–Trinajstić information content (AvgIpc) is 2.65. The van der Waals surface area contributed by atoms with Gasteiger partial charge in [0.2, 0.25) is 0 Å². The molecular weight excluding hydrogens is 302 g/mol. The maximum atomic E-state index is 4.36. The van der Waals surface area contributed by atoms with Crippen molar-refractivity contribution in [2.24, 2.45) is 0 Å². The molecule has 0 aliphatic heterocycles. The van der Waals surface area contributed by atoms with Crippen LogP contribution in [0.3, 0.4) is 0 Å². The SMILES string of the molecule is CC(C)c1ccc(Sc2nc(Br)cs2)cc1. The second-order valence-corrected chi connectivity index (χ2v) is 6.75. The molecule has 2 aromatic rings. The average molecular weight is 314 g/mol. The molecule has 1 nitrogen and oxygen atoms in total. The maximum Gasteiger partial charge on any atom is 0.155 e. The summed E-state index contributed by atoms with van der Waals surface area (Å²) in [6.45, 7) is 4.42.